The predicted molar refractivity (Wildman–Crippen MR) is 113 cm³/mol. The number of nitrogens with zero attached hydrogens (tertiary/aromatic N) is 2. The minimum atomic E-state index is -1.08. The number of imidazole rings is 1. The Hall–Kier alpha value is -3.54. The summed E-state index contributed by atoms with van der Waals surface area (Å²) in [5.74, 6) is -0.658. The number of furan rings is 1. The fourth-order valence-corrected chi connectivity index (χ4v) is 3.56. The van der Waals surface area contributed by atoms with Crippen LogP contribution in [-0.4, -0.2) is 20.5 Å². The molecule has 4 aromatic rings. The Kier molecular flexibility index (Phi) is 4.62. The highest BCUT2D eigenvalue weighted by molar-refractivity contribution is 5.85. The van der Waals surface area contributed by atoms with Crippen molar-refractivity contribution in [3.05, 3.63) is 76.4 Å². The molecular formula is C23H23N3O3. The number of hydrogen-bond donors (Lipinski definition) is 2. The molecule has 4 rings (SSSR count). The minimum Gasteiger partial charge on any atom is -0.475 e. The van der Waals surface area contributed by atoms with Crippen molar-refractivity contribution >= 4 is 17.3 Å². The molecular weight excluding hydrogens is 366 g/mol. The van der Waals surface area contributed by atoms with Crippen molar-refractivity contribution < 1.29 is 14.3 Å². The predicted octanol–water partition coefficient (Wildman–Crippen LogP) is 5.14. The Morgan fingerprint density at radius 3 is 2.52 bits per heavy atom. The average Bonchev–Trinajstić information content (AvgIpc) is 3.28. The van der Waals surface area contributed by atoms with Crippen LogP contribution in [0, 0.1) is 27.7 Å². The zero-order valence-corrected chi connectivity index (χ0v) is 16.9. The van der Waals surface area contributed by atoms with Gasteiger partial charge in [0.2, 0.25) is 5.76 Å². The van der Waals surface area contributed by atoms with E-state index < -0.39 is 5.97 Å². The number of nitrogens with one attached hydrogen (secondary N) is 1. The number of pyridine rings is 1. The van der Waals surface area contributed by atoms with Gasteiger partial charge < -0.3 is 19.2 Å². The van der Waals surface area contributed by atoms with Crippen LogP contribution >= 0.6 is 0 Å². The highest BCUT2D eigenvalue weighted by Crippen LogP contribution is 2.30. The summed E-state index contributed by atoms with van der Waals surface area (Å²) in [5, 5.41) is 12.7. The Bertz CT molecular complexity index is 1210. The van der Waals surface area contributed by atoms with Crippen molar-refractivity contribution in [2.24, 2.45) is 0 Å². The molecule has 0 aliphatic heterocycles. The van der Waals surface area contributed by atoms with Gasteiger partial charge in [0.15, 0.2) is 5.65 Å². The van der Waals surface area contributed by atoms with E-state index in [2.05, 4.69) is 37.4 Å². The van der Waals surface area contributed by atoms with Crippen molar-refractivity contribution in [3.63, 3.8) is 0 Å². The van der Waals surface area contributed by atoms with Gasteiger partial charge >= 0.3 is 5.97 Å². The Morgan fingerprint density at radius 2 is 1.86 bits per heavy atom. The molecule has 0 bridgehead atoms. The number of carboxylic acids is 1. The molecule has 0 atom stereocenters. The van der Waals surface area contributed by atoms with Crippen LogP contribution in [0.1, 0.15) is 38.6 Å². The number of rotatable bonds is 5. The molecule has 0 aliphatic carbocycles. The van der Waals surface area contributed by atoms with Gasteiger partial charge in [-0.2, -0.15) is 0 Å². The first-order valence-corrected chi connectivity index (χ1v) is 9.47. The number of benzene rings is 1. The van der Waals surface area contributed by atoms with Crippen molar-refractivity contribution in [2.45, 2.75) is 34.2 Å². The zero-order chi connectivity index (χ0) is 20.7. The molecule has 0 fully saturated rings. The Labute approximate surface area is 168 Å². The molecule has 0 amide bonds. The summed E-state index contributed by atoms with van der Waals surface area (Å²) in [4.78, 5) is 15.9. The monoisotopic (exact) mass is 389 g/mol. The first kappa shape index (κ1) is 18.8. The van der Waals surface area contributed by atoms with Crippen molar-refractivity contribution in [1.82, 2.24) is 9.38 Å². The Morgan fingerprint density at radius 1 is 1.14 bits per heavy atom. The normalized spacial score (nSPS) is 11.2. The lowest BCUT2D eigenvalue weighted by molar-refractivity contribution is 0.0663. The van der Waals surface area contributed by atoms with Crippen LogP contribution in [0.15, 0.2) is 47.0 Å². The van der Waals surface area contributed by atoms with Gasteiger partial charge in [-0.25, -0.2) is 9.78 Å². The third-order valence-corrected chi connectivity index (χ3v) is 5.40. The zero-order valence-electron chi connectivity index (χ0n) is 16.9. The molecule has 0 radical (unpaired) electrons. The number of carboxylic acid groups (broad SMARTS) is 1. The Balaban J connectivity index is 1.79. The molecule has 1 aromatic carbocycles. The van der Waals surface area contributed by atoms with Gasteiger partial charge in [0, 0.05) is 24.0 Å². The maximum absolute atomic E-state index is 11.2. The number of aromatic nitrogens is 2. The second-order valence-electron chi connectivity index (χ2n) is 7.31. The number of anilines is 1. The molecule has 0 spiro atoms. The van der Waals surface area contributed by atoms with Gasteiger partial charge in [0.25, 0.3) is 0 Å². The molecule has 3 heterocycles. The van der Waals surface area contributed by atoms with Crippen LogP contribution in [-0.2, 0) is 6.54 Å². The largest absolute Gasteiger partial charge is 0.475 e. The fourth-order valence-electron chi connectivity index (χ4n) is 3.56. The third-order valence-electron chi connectivity index (χ3n) is 5.40. The topological polar surface area (TPSA) is 79.8 Å². The minimum absolute atomic E-state index is 0.0799. The molecule has 0 aliphatic rings. The van der Waals surface area contributed by atoms with Crippen LogP contribution in [0.5, 0.6) is 0 Å². The van der Waals surface area contributed by atoms with Crippen molar-refractivity contribution in [1.29, 1.82) is 0 Å². The van der Waals surface area contributed by atoms with E-state index in [0.29, 0.717) is 12.3 Å². The van der Waals surface area contributed by atoms with Gasteiger partial charge in [0.1, 0.15) is 5.76 Å². The van der Waals surface area contributed by atoms with E-state index in [4.69, 9.17) is 14.5 Å². The summed E-state index contributed by atoms with van der Waals surface area (Å²) < 4.78 is 7.54. The summed E-state index contributed by atoms with van der Waals surface area (Å²) in [5.41, 5.74) is 8.19. The van der Waals surface area contributed by atoms with Crippen LogP contribution in [0.4, 0.5) is 5.69 Å². The summed E-state index contributed by atoms with van der Waals surface area (Å²) in [6.45, 7) is 8.87. The lowest BCUT2D eigenvalue weighted by atomic mass is 10.0. The quantitative estimate of drug-likeness (QED) is 0.494. The number of hydrogen-bond acceptors (Lipinski definition) is 4. The maximum atomic E-state index is 11.2. The first-order valence-electron chi connectivity index (χ1n) is 9.47. The van der Waals surface area contributed by atoms with Crippen molar-refractivity contribution in [3.8, 4) is 11.3 Å². The SMILES string of the molecule is Cc1cccc(C)c1CNc1cc(-c2ccc(C(=O)O)o2)cn2c(C)c(C)nc12. The highest BCUT2D eigenvalue weighted by atomic mass is 16.4. The van der Waals surface area contributed by atoms with Gasteiger partial charge in [-0.15, -0.1) is 0 Å². The van der Waals surface area contributed by atoms with Crippen molar-refractivity contribution in [2.75, 3.05) is 5.32 Å². The van der Waals surface area contributed by atoms with E-state index in [-0.39, 0.29) is 5.76 Å². The van der Waals surface area contributed by atoms with E-state index in [0.717, 1.165) is 28.3 Å². The van der Waals surface area contributed by atoms with Gasteiger partial charge in [-0.3, -0.25) is 0 Å². The number of fused-ring (bicyclic) bond motifs is 1. The molecule has 0 saturated heterocycles. The summed E-state index contributed by atoms with van der Waals surface area (Å²) in [6, 6.07) is 11.4. The summed E-state index contributed by atoms with van der Waals surface area (Å²) >= 11 is 0. The maximum Gasteiger partial charge on any atom is 0.371 e. The van der Waals surface area contributed by atoms with Crippen LogP contribution < -0.4 is 5.32 Å². The van der Waals surface area contributed by atoms with Crippen LogP contribution in [0.3, 0.4) is 0 Å². The summed E-state index contributed by atoms with van der Waals surface area (Å²) in [7, 11) is 0. The molecule has 6 heteroatoms. The smallest absolute Gasteiger partial charge is 0.371 e. The highest BCUT2D eigenvalue weighted by Gasteiger charge is 2.16. The van der Waals surface area contributed by atoms with Crippen LogP contribution in [0.25, 0.3) is 17.0 Å². The molecule has 148 valence electrons. The van der Waals surface area contributed by atoms with Crippen LogP contribution in [0.2, 0.25) is 0 Å². The molecule has 3 aromatic heterocycles. The molecule has 29 heavy (non-hydrogen) atoms. The van der Waals surface area contributed by atoms with Gasteiger partial charge in [-0.1, -0.05) is 18.2 Å². The van der Waals surface area contributed by atoms with E-state index >= 15 is 0 Å². The molecule has 0 unspecified atom stereocenters. The first-order chi connectivity index (χ1) is 13.8. The number of aryl methyl sites for hydroxylation is 4. The van der Waals surface area contributed by atoms with Gasteiger partial charge in [0.05, 0.1) is 11.4 Å². The fraction of sp³-hybridized carbons (Fsp3) is 0.217. The lowest BCUT2D eigenvalue weighted by Crippen LogP contribution is -2.05. The van der Waals surface area contributed by atoms with E-state index in [1.54, 1.807) is 6.07 Å². The lowest BCUT2D eigenvalue weighted by Gasteiger charge is -2.14. The van der Waals surface area contributed by atoms with E-state index in [1.165, 1.54) is 22.8 Å². The number of carbonyl (C=O) groups is 1. The van der Waals surface area contributed by atoms with E-state index in [9.17, 15) is 4.79 Å². The molecule has 6 nitrogen and oxygen atoms in total. The molecule has 2 N–H and O–H groups in total. The third kappa shape index (κ3) is 3.38. The van der Waals surface area contributed by atoms with E-state index in [1.807, 2.05) is 30.5 Å². The molecule has 0 saturated carbocycles. The standard InChI is InChI=1S/C23H23N3O3/c1-13-6-5-7-14(2)18(13)11-24-19-10-17(20-8-9-21(29-20)23(27)28)12-26-16(4)15(3)25-22(19)26/h5-10,12,24H,11H2,1-4H3,(H,27,28). The second kappa shape index (κ2) is 7.13. The average molecular weight is 389 g/mol. The summed E-state index contributed by atoms with van der Waals surface area (Å²) in [6.07, 6.45) is 1.93. The second-order valence-corrected chi connectivity index (χ2v) is 7.31. The number of aromatic carboxylic acids is 1. The van der Waals surface area contributed by atoms with Gasteiger partial charge in [-0.05, 0) is 62.6 Å².